The van der Waals surface area contributed by atoms with E-state index in [2.05, 4.69) is 31.0 Å². The number of hydrogen-bond acceptors (Lipinski definition) is 5. The molecule has 0 fully saturated rings. The highest BCUT2D eigenvalue weighted by molar-refractivity contribution is 9.10. The average molecular weight is 441 g/mol. The Kier molecular flexibility index (Phi) is 7.65. The average Bonchev–Trinajstić information content (AvgIpc) is 2.43. The summed E-state index contributed by atoms with van der Waals surface area (Å²) in [5, 5.41) is 2.41. The smallest absolute Gasteiger partial charge is 0.407 e. The van der Waals surface area contributed by atoms with Crippen molar-refractivity contribution in [2.75, 3.05) is 13.1 Å². The summed E-state index contributed by atoms with van der Waals surface area (Å²) < 4.78 is 32.2. The molecule has 0 atom stereocenters. The lowest BCUT2D eigenvalue weighted by Gasteiger charge is -2.19. The molecule has 2 N–H and O–H groups in total. The van der Waals surface area contributed by atoms with E-state index in [9.17, 15) is 13.2 Å². The van der Waals surface area contributed by atoms with E-state index < -0.39 is 21.7 Å². The number of aromatic nitrogens is 1. The first-order valence-corrected chi connectivity index (χ1v) is 9.59. The number of carbonyl (C=O) groups excluding carboxylic acids is 1. The van der Waals surface area contributed by atoms with Crippen molar-refractivity contribution >= 4 is 43.6 Å². The minimum absolute atomic E-state index is 0.0428. The van der Waals surface area contributed by atoms with E-state index >= 15 is 0 Å². The largest absolute Gasteiger partial charge is 0.444 e. The highest BCUT2D eigenvalue weighted by Crippen LogP contribution is 2.22. The summed E-state index contributed by atoms with van der Waals surface area (Å²) in [7, 11) is -3.78. The van der Waals surface area contributed by atoms with Gasteiger partial charge in [0.2, 0.25) is 10.0 Å². The molecule has 0 saturated heterocycles. The van der Waals surface area contributed by atoms with Gasteiger partial charge >= 0.3 is 6.09 Å². The van der Waals surface area contributed by atoms with Crippen LogP contribution in [0, 0.1) is 0 Å². The van der Waals surface area contributed by atoms with Gasteiger partial charge in [0.1, 0.15) is 15.6 Å². The number of carbonyl (C=O) groups is 1. The summed E-state index contributed by atoms with van der Waals surface area (Å²) in [6.07, 6.45) is 4.03. The van der Waals surface area contributed by atoms with Crippen molar-refractivity contribution in [3.05, 3.63) is 34.0 Å². The molecule has 10 heteroatoms. The molecule has 0 saturated carbocycles. The van der Waals surface area contributed by atoms with Gasteiger partial charge in [0, 0.05) is 23.8 Å². The van der Waals surface area contributed by atoms with Gasteiger partial charge in [0.05, 0.1) is 0 Å². The van der Waals surface area contributed by atoms with E-state index in [1.807, 2.05) is 0 Å². The number of alkyl carbamates (subject to hydrolysis) is 1. The summed E-state index contributed by atoms with van der Waals surface area (Å²) in [6, 6.07) is 1.37. The third kappa shape index (κ3) is 7.61. The Morgan fingerprint density at radius 3 is 2.62 bits per heavy atom. The van der Waals surface area contributed by atoms with Gasteiger partial charge in [-0.2, -0.15) is 0 Å². The zero-order valence-corrected chi connectivity index (χ0v) is 16.6. The number of rotatable bonds is 6. The van der Waals surface area contributed by atoms with Gasteiger partial charge in [-0.05, 0) is 42.8 Å². The van der Waals surface area contributed by atoms with E-state index in [0.717, 1.165) is 0 Å². The van der Waals surface area contributed by atoms with E-state index in [0.29, 0.717) is 4.47 Å². The molecule has 134 valence electrons. The van der Waals surface area contributed by atoms with Crippen LogP contribution in [0.3, 0.4) is 0 Å². The topological polar surface area (TPSA) is 97.4 Å². The molecule has 0 radical (unpaired) electrons. The summed E-state index contributed by atoms with van der Waals surface area (Å²) in [5.41, 5.74) is -0.569. The number of nitrogens with zero attached hydrogens (tertiary/aromatic N) is 1. The number of sulfonamides is 1. The first kappa shape index (κ1) is 20.9. The lowest BCUT2D eigenvalue weighted by atomic mass is 10.2. The highest BCUT2D eigenvalue weighted by atomic mass is 79.9. The first-order valence-electron chi connectivity index (χ1n) is 6.94. The van der Waals surface area contributed by atoms with Gasteiger partial charge in [0.15, 0.2) is 0 Å². The fraction of sp³-hybridized carbons (Fsp3) is 0.429. The number of pyridine rings is 1. The second kappa shape index (κ2) is 8.80. The molecule has 0 spiro atoms. The van der Waals surface area contributed by atoms with Gasteiger partial charge in [-0.15, -0.1) is 0 Å². The second-order valence-corrected chi connectivity index (χ2v) is 8.66. The van der Waals surface area contributed by atoms with Crippen LogP contribution in [0.5, 0.6) is 0 Å². The van der Waals surface area contributed by atoms with Gasteiger partial charge in [-0.25, -0.2) is 22.9 Å². The fourth-order valence-corrected chi connectivity index (χ4v) is 3.37. The summed E-state index contributed by atoms with van der Waals surface area (Å²) in [5.74, 6) is 0. The van der Waals surface area contributed by atoms with Crippen LogP contribution < -0.4 is 10.0 Å². The van der Waals surface area contributed by atoms with Crippen LogP contribution in [0.1, 0.15) is 20.8 Å². The van der Waals surface area contributed by atoms with Crippen molar-refractivity contribution < 1.29 is 17.9 Å². The lowest BCUT2D eigenvalue weighted by molar-refractivity contribution is 0.0534. The molecule has 1 heterocycles. The molecule has 24 heavy (non-hydrogen) atoms. The maximum absolute atomic E-state index is 12.1. The van der Waals surface area contributed by atoms with Crippen LogP contribution in [0.2, 0.25) is 5.15 Å². The number of ether oxygens (including phenoxy) is 1. The minimum atomic E-state index is -3.78. The van der Waals surface area contributed by atoms with E-state index in [-0.39, 0.29) is 23.1 Å². The van der Waals surface area contributed by atoms with E-state index in [1.165, 1.54) is 12.3 Å². The number of halogens is 2. The quantitative estimate of drug-likeness (QED) is 0.523. The first-order chi connectivity index (χ1) is 11.0. The Hall–Kier alpha value is -1.16. The Morgan fingerprint density at radius 1 is 1.38 bits per heavy atom. The SMILES string of the molecule is CC(C)(C)OC(=O)NCC=CCNS(=O)(=O)c1cc(Br)cnc1Cl. The fourth-order valence-electron chi connectivity index (χ4n) is 1.45. The highest BCUT2D eigenvalue weighted by Gasteiger charge is 2.18. The molecule has 1 aromatic heterocycles. The van der Waals surface area contributed by atoms with Crippen LogP contribution in [0.25, 0.3) is 0 Å². The van der Waals surface area contributed by atoms with Crippen LogP contribution in [-0.2, 0) is 14.8 Å². The number of amides is 1. The molecular formula is C14H19BrClN3O4S. The third-order valence-corrected chi connectivity index (χ3v) is 4.67. The Bertz CT molecular complexity index is 717. The van der Waals surface area contributed by atoms with Gasteiger partial charge < -0.3 is 10.1 Å². The molecule has 1 rings (SSSR count). The van der Waals surface area contributed by atoms with Crippen LogP contribution >= 0.6 is 27.5 Å². The molecule has 0 aromatic carbocycles. The summed E-state index contributed by atoms with van der Waals surface area (Å²) in [4.78, 5) is 15.1. The van der Waals surface area contributed by atoms with Crippen molar-refractivity contribution in [2.24, 2.45) is 0 Å². The van der Waals surface area contributed by atoms with Crippen LogP contribution in [0.15, 0.2) is 33.8 Å². The Labute approximate surface area is 155 Å². The van der Waals surface area contributed by atoms with Gasteiger partial charge in [0.25, 0.3) is 0 Å². The molecule has 1 aromatic rings. The summed E-state index contributed by atoms with van der Waals surface area (Å²) in [6.45, 7) is 5.55. The molecule has 1 amide bonds. The van der Waals surface area contributed by atoms with Gasteiger partial charge in [-0.3, -0.25) is 0 Å². The maximum Gasteiger partial charge on any atom is 0.407 e. The summed E-state index contributed by atoms with van der Waals surface area (Å²) >= 11 is 8.95. The zero-order valence-electron chi connectivity index (χ0n) is 13.5. The molecule has 0 bridgehead atoms. The van der Waals surface area contributed by atoms with Crippen molar-refractivity contribution in [2.45, 2.75) is 31.3 Å². The second-order valence-electron chi connectivity index (χ2n) is 5.65. The Balaban J connectivity index is 2.46. The Morgan fingerprint density at radius 2 is 2.00 bits per heavy atom. The molecule has 0 unspecified atom stereocenters. The maximum atomic E-state index is 12.1. The molecule has 0 aliphatic carbocycles. The van der Waals surface area contributed by atoms with E-state index in [1.54, 1.807) is 32.9 Å². The standard InChI is InChI=1S/C14H19BrClN3O4S/c1-14(2,3)23-13(20)17-6-4-5-7-19-24(21,22)11-8-10(15)9-18-12(11)16/h4-5,8-9,19H,6-7H2,1-3H3,(H,17,20). The number of hydrogen-bond donors (Lipinski definition) is 2. The predicted molar refractivity (Wildman–Crippen MR) is 95.5 cm³/mol. The van der Waals surface area contributed by atoms with Gasteiger partial charge in [-0.1, -0.05) is 23.8 Å². The molecular weight excluding hydrogens is 422 g/mol. The lowest BCUT2D eigenvalue weighted by Crippen LogP contribution is -2.32. The molecule has 0 aliphatic rings. The zero-order chi connectivity index (χ0) is 18.4. The number of nitrogens with one attached hydrogen (secondary N) is 2. The van der Waals surface area contributed by atoms with Crippen molar-refractivity contribution in [3.8, 4) is 0 Å². The van der Waals surface area contributed by atoms with Crippen LogP contribution in [0.4, 0.5) is 4.79 Å². The molecule has 7 nitrogen and oxygen atoms in total. The third-order valence-electron chi connectivity index (χ3n) is 2.38. The normalized spacial score (nSPS) is 12.4. The van der Waals surface area contributed by atoms with E-state index in [4.69, 9.17) is 16.3 Å². The minimum Gasteiger partial charge on any atom is -0.444 e. The van der Waals surface area contributed by atoms with Crippen LogP contribution in [-0.4, -0.2) is 38.2 Å². The van der Waals surface area contributed by atoms with Crippen molar-refractivity contribution in [1.82, 2.24) is 15.0 Å². The molecule has 0 aliphatic heterocycles. The predicted octanol–water partition coefficient (Wildman–Crippen LogP) is 2.86. The monoisotopic (exact) mass is 439 g/mol. The van der Waals surface area contributed by atoms with Crippen molar-refractivity contribution in [1.29, 1.82) is 0 Å². The van der Waals surface area contributed by atoms with Crippen molar-refractivity contribution in [3.63, 3.8) is 0 Å².